The van der Waals surface area contributed by atoms with E-state index in [1.807, 2.05) is 24.3 Å². The maximum atomic E-state index is 11.3. The van der Waals surface area contributed by atoms with Crippen molar-refractivity contribution in [2.75, 3.05) is 11.6 Å². The SMILES string of the molecule is CC(=O)c1ccc(C2CN(c3ccc(O)cc3)N=N2)cc1. The summed E-state index contributed by atoms with van der Waals surface area (Å²) in [5.41, 5.74) is 2.62. The van der Waals surface area contributed by atoms with Gasteiger partial charge in [-0.2, -0.15) is 5.11 Å². The molecule has 5 nitrogen and oxygen atoms in total. The van der Waals surface area contributed by atoms with E-state index in [-0.39, 0.29) is 17.6 Å². The summed E-state index contributed by atoms with van der Waals surface area (Å²) in [6.45, 7) is 2.20. The predicted octanol–water partition coefficient (Wildman–Crippen LogP) is 3.52. The van der Waals surface area contributed by atoms with Crippen LogP contribution in [0.25, 0.3) is 0 Å². The van der Waals surface area contributed by atoms with Crippen molar-refractivity contribution in [2.45, 2.75) is 13.0 Å². The predicted molar refractivity (Wildman–Crippen MR) is 79.5 cm³/mol. The Morgan fingerprint density at radius 1 is 1.14 bits per heavy atom. The molecule has 0 amide bonds. The summed E-state index contributed by atoms with van der Waals surface area (Å²) in [5, 5.41) is 19.5. The number of phenols is 1. The number of aromatic hydroxyl groups is 1. The highest BCUT2D eigenvalue weighted by Gasteiger charge is 2.22. The zero-order valence-electron chi connectivity index (χ0n) is 11.6. The summed E-state index contributed by atoms with van der Waals surface area (Å²) in [4.78, 5) is 11.3. The molecule has 0 spiro atoms. The number of rotatable bonds is 3. The molecule has 0 fully saturated rings. The molecule has 21 heavy (non-hydrogen) atoms. The molecule has 0 bridgehead atoms. The van der Waals surface area contributed by atoms with E-state index in [1.165, 1.54) is 0 Å². The molecule has 1 aliphatic rings. The van der Waals surface area contributed by atoms with Crippen molar-refractivity contribution in [1.29, 1.82) is 0 Å². The summed E-state index contributed by atoms with van der Waals surface area (Å²) in [7, 11) is 0. The molecule has 1 unspecified atom stereocenters. The maximum Gasteiger partial charge on any atom is 0.159 e. The Morgan fingerprint density at radius 2 is 1.81 bits per heavy atom. The van der Waals surface area contributed by atoms with Gasteiger partial charge in [-0.25, -0.2) is 5.01 Å². The van der Waals surface area contributed by atoms with Gasteiger partial charge in [0.2, 0.25) is 0 Å². The average Bonchev–Trinajstić information content (AvgIpc) is 2.98. The second-order valence-corrected chi connectivity index (χ2v) is 5.00. The summed E-state index contributed by atoms with van der Waals surface area (Å²) in [5.74, 6) is 0.284. The van der Waals surface area contributed by atoms with Crippen LogP contribution in [-0.2, 0) is 0 Å². The normalized spacial score (nSPS) is 17.2. The lowest BCUT2D eigenvalue weighted by atomic mass is 10.0. The van der Waals surface area contributed by atoms with Gasteiger partial charge in [-0.15, -0.1) is 0 Å². The van der Waals surface area contributed by atoms with Crippen LogP contribution in [0.2, 0.25) is 0 Å². The standard InChI is InChI=1S/C16H15N3O2/c1-11(20)12-2-4-13(5-3-12)16-10-19(18-17-16)14-6-8-15(21)9-7-14/h2-9,16,21H,10H2,1H3. The van der Waals surface area contributed by atoms with Gasteiger partial charge < -0.3 is 5.11 Å². The van der Waals surface area contributed by atoms with Gasteiger partial charge in [0.1, 0.15) is 11.8 Å². The fraction of sp³-hybridized carbons (Fsp3) is 0.188. The van der Waals surface area contributed by atoms with Gasteiger partial charge in [0.15, 0.2) is 5.78 Å². The Morgan fingerprint density at radius 3 is 2.43 bits per heavy atom. The number of Topliss-reactive ketones (excluding diaryl/α,β-unsaturated/α-hetero) is 1. The van der Waals surface area contributed by atoms with Crippen LogP contribution in [0.1, 0.15) is 28.9 Å². The Bertz CT molecular complexity index is 678. The minimum atomic E-state index is -0.0418. The molecule has 2 aromatic carbocycles. The molecule has 1 aliphatic heterocycles. The molecule has 2 aromatic rings. The number of anilines is 1. The maximum absolute atomic E-state index is 11.3. The topological polar surface area (TPSA) is 65.3 Å². The first-order valence-corrected chi connectivity index (χ1v) is 6.72. The van der Waals surface area contributed by atoms with E-state index < -0.39 is 0 Å². The first-order chi connectivity index (χ1) is 10.1. The van der Waals surface area contributed by atoms with Crippen molar-refractivity contribution < 1.29 is 9.90 Å². The van der Waals surface area contributed by atoms with Gasteiger partial charge in [-0.3, -0.25) is 4.79 Å². The van der Waals surface area contributed by atoms with Crippen LogP contribution < -0.4 is 5.01 Å². The van der Waals surface area contributed by atoms with Crippen molar-refractivity contribution in [1.82, 2.24) is 0 Å². The van der Waals surface area contributed by atoms with E-state index in [2.05, 4.69) is 10.3 Å². The monoisotopic (exact) mass is 281 g/mol. The summed E-state index contributed by atoms with van der Waals surface area (Å²) in [6, 6.07) is 14.3. The van der Waals surface area contributed by atoms with Gasteiger partial charge >= 0.3 is 0 Å². The molecule has 0 saturated carbocycles. The molecular weight excluding hydrogens is 266 g/mol. The third kappa shape index (κ3) is 2.76. The fourth-order valence-corrected chi connectivity index (χ4v) is 2.26. The van der Waals surface area contributed by atoms with Crippen LogP contribution in [0.5, 0.6) is 5.75 Å². The van der Waals surface area contributed by atoms with Crippen LogP contribution in [0.3, 0.4) is 0 Å². The van der Waals surface area contributed by atoms with Crippen molar-refractivity contribution in [3.05, 3.63) is 59.7 Å². The van der Waals surface area contributed by atoms with Crippen molar-refractivity contribution in [3.63, 3.8) is 0 Å². The fourth-order valence-electron chi connectivity index (χ4n) is 2.26. The van der Waals surface area contributed by atoms with Crippen LogP contribution in [0.15, 0.2) is 58.9 Å². The Labute approximate surface area is 122 Å². The number of phenolic OH excluding ortho intramolecular Hbond substituents is 1. The molecule has 5 heteroatoms. The number of hydrogen-bond donors (Lipinski definition) is 1. The van der Waals surface area contributed by atoms with E-state index in [1.54, 1.807) is 36.2 Å². The van der Waals surface area contributed by atoms with E-state index in [9.17, 15) is 9.90 Å². The first-order valence-electron chi connectivity index (χ1n) is 6.72. The summed E-state index contributed by atoms with van der Waals surface area (Å²) in [6.07, 6.45) is 0. The Balaban J connectivity index is 1.74. The highest BCUT2D eigenvalue weighted by atomic mass is 16.3. The van der Waals surface area contributed by atoms with Crippen LogP contribution in [0.4, 0.5) is 5.69 Å². The number of hydrogen-bond acceptors (Lipinski definition) is 5. The van der Waals surface area contributed by atoms with Gasteiger partial charge in [0.05, 0.1) is 12.2 Å². The largest absolute Gasteiger partial charge is 0.508 e. The highest BCUT2D eigenvalue weighted by Crippen LogP contribution is 2.29. The number of ketones is 1. The highest BCUT2D eigenvalue weighted by molar-refractivity contribution is 5.94. The summed E-state index contributed by atoms with van der Waals surface area (Å²) >= 11 is 0. The third-order valence-corrected chi connectivity index (χ3v) is 3.49. The molecule has 106 valence electrons. The van der Waals surface area contributed by atoms with E-state index in [4.69, 9.17) is 0 Å². The quantitative estimate of drug-likeness (QED) is 0.875. The van der Waals surface area contributed by atoms with Crippen LogP contribution in [0, 0.1) is 0 Å². The zero-order chi connectivity index (χ0) is 14.8. The molecule has 1 heterocycles. The van der Waals surface area contributed by atoms with Gasteiger partial charge in [-0.05, 0) is 36.8 Å². The molecule has 0 radical (unpaired) electrons. The second kappa shape index (κ2) is 5.36. The number of carbonyl (C=O) groups excluding carboxylic acids is 1. The Kier molecular flexibility index (Phi) is 3.39. The van der Waals surface area contributed by atoms with Crippen LogP contribution >= 0.6 is 0 Å². The zero-order valence-corrected chi connectivity index (χ0v) is 11.6. The van der Waals surface area contributed by atoms with Crippen LogP contribution in [-0.4, -0.2) is 17.4 Å². The summed E-state index contributed by atoms with van der Waals surface area (Å²) < 4.78 is 0. The number of carbonyl (C=O) groups is 1. The molecular formula is C16H15N3O2. The molecule has 3 rings (SSSR count). The van der Waals surface area contributed by atoms with E-state index in [0.29, 0.717) is 12.1 Å². The van der Waals surface area contributed by atoms with E-state index >= 15 is 0 Å². The Hall–Kier alpha value is -2.69. The number of nitrogens with zero attached hydrogens (tertiary/aromatic N) is 3. The third-order valence-electron chi connectivity index (χ3n) is 3.49. The lowest BCUT2D eigenvalue weighted by Crippen LogP contribution is -2.16. The van der Waals surface area contributed by atoms with Crippen molar-refractivity contribution >= 4 is 11.5 Å². The minimum Gasteiger partial charge on any atom is -0.508 e. The average molecular weight is 281 g/mol. The van der Waals surface area contributed by atoms with E-state index in [0.717, 1.165) is 11.3 Å². The van der Waals surface area contributed by atoms with Gasteiger partial charge in [0, 0.05) is 5.56 Å². The smallest absolute Gasteiger partial charge is 0.159 e. The molecule has 0 aromatic heterocycles. The van der Waals surface area contributed by atoms with Crippen molar-refractivity contribution in [3.8, 4) is 5.75 Å². The number of benzene rings is 2. The van der Waals surface area contributed by atoms with Crippen molar-refractivity contribution in [2.24, 2.45) is 10.3 Å². The lowest BCUT2D eigenvalue weighted by molar-refractivity contribution is 0.101. The minimum absolute atomic E-state index is 0.0418. The lowest BCUT2D eigenvalue weighted by Gasteiger charge is -2.14. The first kappa shape index (κ1) is 13.3. The van der Waals surface area contributed by atoms with Gasteiger partial charge in [0.25, 0.3) is 0 Å². The van der Waals surface area contributed by atoms with Gasteiger partial charge in [-0.1, -0.05) is 29.5 Å². The molecule has 0 saturated heterocycles. The molecule has 0 aliphatic carbocycles. The second-order valence-electron chi connectivity index (χ2n) is 5.00. The molecule has 1 atom stereocenters. The molecule has 1 N–H and O–H groups in total.